The number of aromatic hydroxyl groups is 1. The Hall–Kier alpha value is -0.710. The summed E-state index contributed by atoms with van der Waals surface area (Å²) in [6.45, 7) is 2.32. The Morgan fingerprint density at radius 1 is 1.50 bits per heavy atom. The number of aliphatic hydroxyl groups is 1. The van der Waals surface area contributed by atoms with Crippen LogP contribution in [0.4, 0.5) is 0 Å². The number of phenols is 1. The van der Waals surface area contributed by atoms with Crippen LogP contribution >= 0.6 is 11.8 Å². The van der Waals surface area contributed by atoms with Gasteiger partial charge < -0.3 is 15.5 Å². The average Bonchev–Trinajstić information content (AvgIpc) is 2.73. The zero-order valence-electron chi connectivity index (χ0n) is 10.9. The molecule has 0 aliphatic heterocycles. The van der Waals surface area contributed by atoms with Gasteiger partial charge in [0.2, 0.25) is 0 Å². The highest BCUT2D eigenvalue weighted by Gasteiger charge is 2.26. The summed E-state index contributed by atoms with van der Waals surface area (Å²) >= 11 is 1.69. The summed E-state index contributed by atoms with van der Waals surface area (Å²) < 4.78 is 0. The fraction of sp³-hybridized carbons (Fsp3) is 0.571. The number of aliphatic hydroxyl groups excluding tert-OH is 1. The van der Waals surface area contributed by atoms with Crippen LogP contribution < -0.4 is 5.32 Å². The molecule has 3 N–H and O–H groups in total. The third-order valence-corrected chi connectivity index (χ3v) is 4.87. The van der Waals surface area contributed by atoms with Crippen LogP contribution in [0, 0.1) is 0 Å². The molecule has 0 fully saturated rings. The largest absolute Gasteiger partial charge is 0.508 e. The number of hydrogen-bond donors (Lipinski definition) is 3. The van der Waals surface area contributed by atoms with Crippen molar-refractivity contribution in [3.63, 3.8) is 0 Å². The van der Waals surface area contributed by atoms with Gasteiger partial charge in [-0.25, -0.2) is 0 Å². The Labute approximate surface area is 113 Å². The van der Waals surface area contributed by atoms with E-state index in [-0.39, 0.29) is 17.9 Å². The molecule has 2 rings (SSSR count). The molecule has 0 saturated carbocycles. The number of aryl methyl sites for hydroxylation is 1. The van der Waals surface area contributed by atoms with E-state index in [2.05, 4.69) is 12.2 Å². The summed E-state index contributed by atoms with van der Waals surface area (Å²) in [5.41, 5.74) is 2.53. The molecule has 0 saturated heterocycles. The van der Waals surface area contributed by atoms with Gasteiger partial charge in [0.25, 0.3) is 0 Å². The first-order valence-electron chi connectivity index (χ1n) is 6.37. The monoisotopic (exact) mass is 267 g/mol. The summed E-state index contributed by atoms with van der Waals surface area (Å²) in [6, 6.07) is 6.24. The van der Waals surface area contributed by atoms with E-state index in [0.29, 0.717) is 11.8 Å². The van der Waals surface area contributed by atoms with Crippen molar-refractivity contribution >= 4 is 11.8 Å². The molecule has 0 amide bonds. The number of phenolic OH excluding ortho intramolecular Hbond substituents is 1. The van der Waals surface area contributed by atoms with E-state index >= 15 is 0 Å². The predicted octanol–water partition coefficient (Wildman–Crippen LogP) is 2.08. The Morgan fingerprint density at radius 3 is 2.94 bits per heavy atom. The molecule has 1 aliphatic rings. The molecule has 0 bridgehead atoms. The Balaban J connectivity index is 2.05. The number of nitrogens with one attached hydrogen (secondary N) is 1. The molecule has 3 unspecified atom stereocenters. The zero-order chi connectivity index (χ0) is 13.1. The Bertz CT molecular complexity index is 407. The maximum Gasteiger partial charge on any atom is 0.115 e. The highest BCUT2D eigenvalue weighted by Crippen LogP contribution is 2.34. The smallest absolute Gasteiger partial charge is 0.115 e. The molecule has 0 spiro atoms. The van der Waals surface area contributed by atoms with Gasteiger partial charge in [0, 0.05) is 17.3 Å². The maximum atomic E-state index is 9.47. The quantitative estimate of drug-likeness (QED) is 0.764. The van der Waals surface area contributed by atoms with Crippen LogP contribution in [0.5, 0.6) is 5.75 Å². The van der Waals surface area contributed by atoms with Crippen molar-refractivity contribution in [3.05, 3.63) is 29.3 Å². The lowest BCUT2D eigenvalue weighted by molar-refractivity contribution is 0.270. The molecule has 1 aliphatic carbocycles. The van der Waals surface area contributed by atoms with Crippen molar-refractivity contribution in [2.24, 2.45) is 0 Å². The van der Waals surface area contributed by atoms with Crippen LogP contribution in [0.1, 0.15) is 30.5 Å². The highest BCUT2D eigenvalue weighted by atomic mass is 32.2. The van der Waals surface area contributed by atoms with Crippen molar-refractivity contribution < 1.29 is 10.2 Å². The second kappa shape index (κ2) is 5.95. The van der Waals surface area contributed by atoms with Gasteiger partial charge >= 0.3 is 0 Å². The summed E-state index contributed by atoms with van der Waals surface area (Å²) in [5, 5.41) is 22.6. The molecular weight excluding hydrogens is 246 g/mol. The second-order valence-corrected chi connectivity index (χ2v) is 5.96. The molecule has 1 aromatic rings. The minimum Gasteiger partial charge on any atom is -0.508 e. The molecule has 1 aromatic carbocycles. The maximum absolute atomic E-state index is 9.47. The minimum atomic E-state index is 0.199. The van der Waals surface area contributed by atoms with Gasteiger partial charge in [-0.3, -0.25) is 0 Å². The number of benzene rings is 1. The lowest BCUT2D eigenvalue weighted by Gasteiger charge is -2.25. The third-order valence-electron chi connectivity index (χ3n) is 3.71. The number of fused-ring (bicyclic) bond motifs is 1. The number of thioether (sulfide) groups is 1. The normalized spacial score (nSPS) is 21.6. The standard InChI is InChI=1S/C14H21NO2S/c1-9(14(8-16)18-2)15-13-6-3-10-7-11(17)4-5-12(10)13/h4-5,7,9,13-17H,3,6,8H2,1-2H3. The summed E-state index contributed by atoms with van der Waals surface area (Å²) in [7, 11) is 0. The SMILES string of the molecule is CSC(CO)C(C)NC1CCc2cc(O)ccc21. The van der Waals surface area contributed by atoms with E-state index in [1.807, 2.05) is 18.4 Å². The van der Waals surface area contributed by atoms with Crippen molar-refractivity contribution in [2.75, 3.05) is 12.9 Å². The first-order chi connectivity index (χ1) is 8.65. The topological polar surface area (TPSA) is 52.5 Å². The molecule has 0 heterocycles. The lowest BCUT2D eigenvalue weighted by atomic mass is 10.1. The fourth-order valence-electron chi connectivity index (χ4n) is 2.64. The van der Waals surface area contributed by atoms with Gasteiger partial charge in [-0.15, -0.1) is 0 Å². The molecular formula is C14H21NO2S. The van der Waals surface area contributed by atoms with Gasteiger partial charge in [0.1, 0.15) is 5.75 Å². The van der Waals surface area contributed by atoms with Crippen LogP contribution in [-0.4, -0.2) is 34.4 Å². The number of hydrogen-bond acceptors (Lipinski definition) is 4. The van der Waals surface area contributed by atoms with Crippen LogP contribution in [0.3, 0.4) is 0 Å². The van der Waals surface area contributed by atoms with Crippen LogP contribution in [0.2, 0.25) is 0 Å². The van der Waals surface area contributed by atoms with Crippen molar-refractivity contribution in [3.8, 4) is 5.75 Å². The molecule has 4 heteroatoms. The average molecular weight is 267 g/mol. The van der Waals surface area contributed by atoms with Gasteiger partial charge in [-0.1, -0.05) is 6.07 Å². The van der Waals surface area contributed by atoms with Crippen molar-refractivity contribution in [1.82, 2.24) is 5.32 Å². The second-order valence-electron chi connectivity index (χ2n) is 4.89. The van der Waals surface area contributed by atoms with Gasteiger partial charge in [-0.05, 0) is 49.3 Å². The molecule has 3 nitrogen and oxygen atoms in total. The summed E-state index contributed by atoms with van der Waals surface area (Å²) in [6.07, 6.45) is 4.10. The molecule has 18 heavy (non-hydrogen) atoms. The van der Waals surface area contributed by atoms with Crippen LogP contribution in [0.15, 0.2) is 18.2 Å². The van der Waals surface area contributed by atoms with Crippen LogP contribution in [0.25, 0.3) is 0 Å². The Kier molecular flexibility index (Phi) is 4.54. The van der Waals surface area contributed by atoms with E-state index in [1.165, 1.54) is 11.1 Å². The first kappa shape index (κ1) is 13.7. The Morgan fingerprint density at radius 2 is 2.28 bits per heavy atom. The van der Waals surface area contributed by atoms with Gasteiger partial charge in [0.15, 0.2) is 0 Å². The van der Waals surface area contributed by atoms with E-state index in [4.69, 9.17) is 0 Å². The molecule has 100 valence electrons. The summed E-state index contributed by atoms with van der Waals surface area (Å²) in [4.78, 5) is 0. The van der Waals surface area contributed by atoms with Crippen LogP contribution in [-0.2, 0) is 6.42 Å². The van der Waals surface area contributed by atoms with Gasteiger partial charge in [0.05, 0.1) is 6.61 Å². The summed E-state index contributed by atoms with van der Waals surface area (Å²) in [5.74, 6) is 0.347. The van der Waals surface area contributed by atoms with Gasteiger partial charge in [-0.2, -0.15) is 11.8 Å². The molecule has 0 aromatic heterocycles. The zero-order valence-corrected chi connectivity index (χ0v) is 11.7. The number of rotatable bonds is 5. The molecule has 0 radical (unpaired) electrons. The predicted molar refractivity (Wildman–Crippen MR) is 76.2 cm³/mol. The highest BCUT2D eigenvalue weighted by molar-refractivity contribution is 7.99. The first-order valence-corrected chi connectivity index (χ1v) is 7.66. The van der Waals surface area contributed by atoms with E-state index in [0.717, 1.165) is 12.8 Å². The van der Waals surface area contributed by atoms with Crippen molar-refractivity contribution in [2.45, 2.75) is 37.1 Å². The van der Waals surface area contributed by atoms with E-state index < -0.39 is 0 Å². The lowest BCUT2D eigenvalue weighted by Crippen LogP contribution is -2.39. The van der Waals surface area contributed by atoms with E-state index in [9.17, 15) is 10.2 Å². The van der Waals surface area contributed by atoms with Crippen molar-refractivity contribution in [1.29, 1.82) is 0 Å². The fourth-order valence-corrected chi connectivity index (χ4v) is 3.27. The minimum absolute atomic E-state index is 0.199. The third kappa shape index (κ3) is 2.82. The molecule has 3 atom stereocenters. The van der Waals surface area contributed by atoms with E-state index in [1.54, 1.807) is 17.8 Å².